The first-order chi connectivity index (χ1) is 11.5. The van der Waals surface area contributed by atoms with Crippen molar-refractivity contribution >= 4 is 11.7 Å². The fourth-order valence-corrected chi connectivity index (χ4v) is 2.44. The first-order valence-electron chi connectivity index (χ1n) is 7.59. The number of ether oxygens (including phenoxy) is 1. The molecule has 0 radical (unpaired) electrons. The minimum absolute atomic E-state index is 0.0717. The summed E-state index contributed by atoms with van der Waals surface area (Å²) in [4.78, 5) is 12.2. The van der Waals surface area contributed by atoms with Crippen LogP contribution in [-0.2, 0) is 4.74 Å². The topological polar surface area (TPSA) is 75.5 Å². The molecule has 3 N–H and O–H groups in total. The summed E-state index contributed by atoms with van der Waals surface area (Å²) in [5, 5.41) is 14.4. The van der Waals surface area contributed by atoms with Crippen LogP contribution in [0.25, 0.3) is 5.69 Å². The second-order valence-corrected chi connectivity index (χ2v) is 5.80. The van der Waals surface area contributed by atoms with Gasteiger partial charge in [0.15, 0.2) is 0 Å². The number of hydrogen-bond donors (Lipinski definition) is 3. The molecule has 2 aromatic rings. The molecule has 0 aliphatic carbocycles. The fraction of sp³-hybridized carbons (Fsp3) is 0.353. The molecule has 0 fully saturated rings. The minimum atomic E-state index is -0.748. The van der Waals surface area contributed by atoms with Gasteiger partial charge in [-0.25, -0.2) is 9.18 Å². The molecule has 6 nitrogen and oxygen atoms in total. The van der Waals surface area contributed by atoms with E-state index in [-0.39, 0.29) is 18.9 Å². The summed E-state index contributed by atoms with van der Waals surface area (Å²) in [6, 6.07) is 7.62. The van der Waals surface area contributed by atoms with E-state index in [0.717, 1.165) is 5.69 Å². The summed E-state index contributed by atoms with van der Waals surface area (Å²) in [5.74, 6) is -0.531. The number of aliphatic hydroxyl groups is 1. The Kier molecular flexibility index (Phi) is 5.94. The van der Waals surface area contributed by atoms with Gasteiger partial charge in [0, 0.05) is 31.8 Å². The summed E-state index contributed by atoms with van der Waals surface area (Å²) in [5.41, 5.74) is 0.0522. The van der Waals surface area contributed by atoms with Crippen molar-refractivity contribution in [1.29, 1.82) is 0 Å². The van der Waals surface area contributed by atoms with Crippen molar-refractivity contribution in [3.63, 3.8) is 0 Å². The van der Waals surface area contributed by atoms with E-state index >= 15 is 0 Å². The highest BCUT2D eigenvalue weighted by Crippen LogP contribution is 2.19. The quantitative estimate of drug-likeness (QED) is 0.728. The number of nitrogens with zero attached hydrogens (tertiary/aromatic N) is 1. The zero-order chi connectivity index (χ0) is 17.6. The highest BCUT2D eigenvalue weighted by Gasteiger charge is 2.26. The van der Waals surface area contributed by atoms with Gasteiger partial charge in [-0.3, -0.25) is 0 Å². The normalized spacial score (nSPS) is 13.3. The number of methoxy groups -OCH3 is 1. The molecule has 0 saturated heterocycles. The minimum Gasteiger partial charge on any atom is -0.396 e. The third-order valence-electron chi connectivity index (χ3n) is 3.64. The van der Waals surface area contributed by atoms with Crippen molar-refractivity contribution in [3.05, 3.63) is 48.5 Å². The van der Waals surface area contributed by atoms with Crippen molar-refractivity contribution in [2.24, 2.45) is 0 Å². The Morgan fingerprint density at radius 1 is 1.38 bits per heavy atom. The largest absolute Gasteiger partial charge is 0.396 e. The molecule has 0 spiro atoms. The zero-order valence-corrected chi connectivity index (χ0v) is 13.8. The molecular weight excluding hydrogens is 313 g/mol. The smallest absolute Gasteiger partial charge is 0.319 e. The van der Waals surface area contributed by atoms with Crippen molar-refractivity contribution < 1.29 is 19.0 Å². The molecular formula is C17H22FN3O3. The van der Waals surface area contributed by atoms with Crippen LogP contribution in [-0.4, -0.2) is 41.6 Å². The van der Waals surface area contributed by atoms with Gasteiger partial charge in [-0.1, -0.05) is 0 Å². The number of urea groups is 1. The number of aliphatic hydroxyl groups excluding tert-OH is 1. The molecule has 0 aliphatic heterocycles. The predicted molar refractivity (Wildman–Crippen MR) is 89.9 cm³/mol. The maximum absolute atomic E-state index is 14.0. The first-order valence-corrected chi connectivity index (χ1v) is 7.59. The van der Waals surface area contributed by atoms with Gasteiger partial charge in [0.25, 0.3) is 0 Å². The van der Waals surface area contributed by atoms with Gasteiger partial charge in [0.05, 0.1) is 17.8 Å². The van der Waals surface area contributed by atoms with Gasteiger partial charge >= 0.3 is 6.03 Å². The van der Waals surface area contributed by atoms with Crippen LogP contribution in [0.1, 0.15) is 13.3 Å². The highest BCUT2D eigenvalue weighted by molar-refractivity contribution is 5.90. The van der Waals surface area contributed by atoms with E-state index in [1.165, 1.54) is 13.2 Å². The van der Waals surface area contributed by atoms with Crippen LogP contribution >= 0.6 is 0 Å². The van der Waals surface area contributed by atoms with E-state index < -0.39 is 17.4 Å². The van der Waals surface area contributed by atoms with Gasteiger partial charge < -0.3 is 25.0 Å². The van der Waals surface area contributed by atoms with Gasteiger partial charge in [-0.2, -0.15) is 0 Å². The maximum atomic E-state index is 14.0. The number of carbonyl (C=O) groups is 1. The van der Waals surface area contributed by atoms with E-state index in [1.807, 2.05) is 29.1 Å². The molecule has 130 valence electrons. The summed E-state index contributed by atoms with van der Waals surface area (Å²) in [6.07, 6.45) is 3.97. The zero-order valence-electron chi connectivity index (χ0n) is 13.8. The maximum Gasteiger partial charge on any atom is 0.319 e. The molecule has 1 aromatic heterocycles. The van der Waals surface area contributed by atoms with Crippen LogP contribution in [0.3, 0.4) is 0 Å². The number of anilines is 1. The van der Waals surface area contributed by atoms with E-state index in [4.69, 9.17) is 9.84 Å². The number of rotatable bonds is 7. The molecule has 0 saturated carbocycles. The Balaban J connectivity index is 2.12. The van der Waals surface area contributed by atoms with Crippen LogP contribution in [0.5, 0.6) is 0 Å². The Labute approximate surface area is 140 Å². The van der Waals surface area contributed by atoms with Crippen LogP contribution in [0, 0.1) is 5.82 Å². The number of benzene rings is 1. The molecule has 0 bridgehead atoms. The molecule has 24 heavy (non-hydrogen) atoms. The molecule has 2 amide bonds. The third-order valence-corrected chi connectivity index (χ3v) is 3.64. The summed E-state index contributed by atoms with van der Waals surface area (Å²) in [7, 11) is 1.51. The second kappa shape index (κ2) is 7.94. The molecule has 1 unspecified atom stereocenters. The molecule has 7 heteroatoms. The fourth-order valence-electron chi connectivity index (χ4n) is 2.44. The van der Waals surface area contributed by atoms with E-state index in [0.29, 0.717) is 6.42 Å². The predicted octanol–water partition coefficient (Wildman–Crippen LogP) is 2.53. The van der Waals surface area contributed by atoms with Gasteiger partial charge in [0.1, 0.15) is 5.82 Å². The first kappa shape index (κ1) is 18.0. The van der Waals surface area contributed by atoms with Crippen LogP contribution in [0.15, 0.2) is 42.7 Å². The number of hydrogen-bond acceptors (Lipinski definition) is 3. The Bertz CT molecular complexity index is 668. The second-order valence-electron chi connectivity index (χ2n) is 5.80. The number of aromatic nitrogens is 1. The number of amides is 2. The van der Waals surface area contributed by atoms with E-state index in [9.17, 15) is 9.18 Å². The van der Waals surface area contributed by atoms with Gasteiger partial charge in [0.2, 0.25) is 0 Å². The summed E-state index contributed by atoms with van der Waals surface area (Å²) >= 11 is 0. The lowest BCUT2D eigenvalue weighted by Crippen LogP contribution is -2.51. The SMILES string of the molecule is COCC(C)(CCO)NC(=O)Nc1cc(-n2cccc2)ccc1F. The highest BCUT2D eigenvalue weighted by atomic mass is 19.1. The van der Waals surface area contributed by atoms with Crippen molar-refractivity contribution in [1.82, 2.24) is 9.88 Å². The Morgan fingerprint density at radius 3 is 2.71 bits per heavy atom. The van der Waals surface area contributed by atoms with Crippen LogP contribution in [0.2, 0.25) is 0 Å². The lowest BCUT2D eigenvalue weighted by molar-refractivity contribution is 0.104. The lowest BCUT2D eigenvalue weighted by atomic mass is 10.00. The molecule has 1 aromatic carbocycles. The molecule has 1 atom stereocenters. The Morgan fingerprint density at radius 2 is 2.08 bits per heavy atom. The van der Waals surface area contributed by atoms with Crippen molar-refractivity contribution in [2.75, 3.05) is 25.6 Å². The molecule has 2 rings (SSSR count). The van der Waals surface area contributed by atoms with Crippen molar-refractivity contribution in [3.8, 4) is 5.69 Å². The average molecular weight is 335 g/mol. The summed E-state index contributed by atoms with van der Waals surface area (Å²) in [6.45, 7) is 1.88. The van der Waals surface area contributed by atoms with Gasteiger partial charge in [-0.05, 0) is 43.7 Å². The lowest BCUT2D eigenvalue weighted by Gasteiger charge is -2.29. The van der Waals surface area contributed by atoms with E-state index in [1.54, 1.807) is 19.1 Å². The van der Waals surface area contributed by atoms with Gasteiger partial charge in [-0.15, -0.1) is 0 Å². The average Bonchev–Trinajstić information content (AvgIpc) is 3.04. The number of nitrogens with one attached hydrogen (secondary N) is 2. The standard InChI is InChI=1S/C17H22FN3O3/c1-17(7-10-22,12-24-2)20-16(23)19-15-11-13(5-6-14(15)18)21-8-3-4-9-21/h3-6,8-9,11,22H,7,10,12H2,1-2H3,(H2,19,20,23). The Hall–Kier alpha value is -2.38. The van der Waals surface area contributed by atoms with Crippen LogP contribution < -0.4 is 10.6 Å². The van der Waals surface area contributed by atoms with Crippen molar-refractivity contribution in [2.45, 2.75) is 18.9 Å². The number of halogens is 1. The summed E-state index contributed by atoms with van der Waals surface area (Å²) < 4.78 is 20.9. The molecule has 1 heterocycles. The number of carbonyl (C=O) groups excluding carboxylic acids is 1. The molecule has 0 aliphatic rings. The van der Waals surface area contributed by atoms with Crippen LogP contribution in [0.4, 0.5) is 14.9 Å². The third kappa shape index (κ3) is 4.56. The monoisotopic (exact) mass is 335 g/mol. The van der Waals surface area contributed by atoms with E-state index in [2.05, 4.69) is 10.6 Å².